The summed E-state index contributed by atoms with van der Waals surface area (Å²) in [5.74, 6) is 0. The van der Waals surface area contributed by atoms with Crippen LogP contribution < -0.4 is 5.32 Å². The highest BCUT2D eigenvalue weighted by molar-refractivity contribution is 4.85. The first-order valence-corrected chi connectivity index (χ1v) is 6.01. The van der Waals surface area contributed by atoms with Crippen molar-refractivity contribution in [1.29, 1.82) is 0 Å². The molecule has 0 atom stereocenters. The van der Waals surface area contributed by atoms with E-state index in [2.05, 4.69) is 29.6 Å². The zero-order chi connectivity index (χ0) is 9.90. The largest absolute Gasteiger partial charge is 0.316 e. The first-order valence-electron chi connectivity index (χ1n) is 6.01. The highest BCUT2D eigenvalue weighted by Crippen LogP contribution is 2.05. The molecular weight excluding hydrogens is 170 g/mol. The van der Waals surface area contributed by atoms with Gasteiger partial charge < -0.3 is 5.32 Å². The van der Waals surface area contributed by atoms with Crippen molar-refractivity contribution in [3.05, 3.63) is 24.3 Å². The minimum absolute atomic E-state index is 1.13. The molecule has 0 unspecified atom stereocenters. The summed E-state index contributed by atoms with van der Waals surface area (Å²) in [6.07, 6.45) is 18.3. The molecule has 1 heterocycles. The van der Waals surface area contributed by atoms with Gasteiger partial charge in [0, 0.05) is 0 Å². The monoisotopic (exact) mass is 193 g/mol. The molecule has 0 aromatic rings. The molecule has 0 saturated carbocycles. The minimum atomic E-state index is 1.13. The predicted molar refractivity (Wildman–Crippen MR) is 63.5 cm³/mol. The van der Waals surface area contributed by atoms with Gasteiger partial charge in [0.15, 0.2) is 0 Å². The molecule has 1 nitrogen and oxygen atoms in total. The van der Waals surface area contributed by atoms with Crippen LogP contribution in [0.15, 0.2) is 24.3 Å². The zero-order valence-corrected chi connectivity index (χ0v) is 9.17. The van der Waals surface area contributed by atoms with Gasteiger partial charge in [0.2, 0.25) is 0 Å². The lowest BCUT2D eigenvalue weighted by Gasteiger charge is -2.01. The molecule has 0 aromatic heterocycles. The Bertz CT molecular complexity index is 134. The number of nitrogens with one attached hydrogen (secondary N) is 1. The van der Waals surface area contributed by atoms with Gasteiger partial charge in [-0.25, -0.2) is 0 Å². The van der Waals surface area contributed by atoms with Crippen LogP contribution in [-0.2, 0) is 0 Å². The lowest BCUT2D eigenvalue weighted by Crippen LogP contribution is -2.15. The van der Waals surface area contributed by atoms with Gasteiger partial charge in [0.25, 0.3) is 0 Å². The maximum atomic E-state index is 3.44. The predicted octanol–water partition coefficient (Wildman–Crippen LogP) is 3.43. The maximum Gasteiger partial charge on any atom is -0.00141 e. The van der Waals surface area contributed by atoms with Crippen LogP contribution >= 0.6 is 0 Å². The van der Waals surface area contributed by atoms with E-state index in [-0.39, 0.29) is 0 Å². The average Bonchev–Trinajstić information content (AvgIpc) is 2.22. The van der Waals surface area contributed by atoms with Crippen LogP contribution in [0.5, 0.6) is 0 Å². The molecule has 0 amide bonds. The van der Waals surface area contributed by atoms with E-state index in [1.54, 1.807) is 0 Å². The third kappa shape index (κ3) is 6.90. The van der Waals surface area contributed by atoms with Crippen LogP contribution in [0.3, 0.4) is 0 Å². The third-order valence-corrected chi connectivity index (χ3v) is 2.55. The molecule has 1 rings (SSSR count). The van der Waals surface area contributed by atoms with Gasteiger partial charge in [-0.15, -0.1) is 0 Å². The number of hydrogen-bond acceptors (Lipinski definition) is 1. The van der Waals surface area contributed by atoms with E-state index in [1.165, 1.54) is 44.9 Å². The summed E-state index contributed by atoms with van der Waals surface area (Å²) in [6, 6.07) is 0. The molecule has 80 valence electrons. The van der Waals surface area contributed by atoms with Crippen LogP contribution in [0.2, 0.25) is 0 Å². The Morgan fingerprint density at radius 2 is 1.07 bits per heavy atom. The molecule has 0 fully saturated rings. The van der Waals surface area contributed by atoms with Gasteiger partial charge in [0.1, 0.15) is 0 Å². The molecule has 1 aliphatic rings. The zero-order valence-electron chi connectivity index (χ0n) is 9.17. The normalized spacial score (nSPS) is 21.7. The van der Waals surface area contributed by atoms with Crippen LogP contribution in [0.4, 0.5) is 0 Å². The van der Waals surface area contributed by atoms with Gasteiger partial charge in [-0.3, -0.25) is 0 Å². The summed E-state index contributed by atoms with van der Waals surface area (Å²) in [7, 11) is 0. The number of rotatable bonds is 0. The Kier molecular flexibility index (Phi) is 7.41. The molecular formula is C13H23N. The van der Waals surface area contributed by atoms with Gasteiger partial charge in [-0.2, -0.15) is 0 Å². The van der Waals surface area contributed by atoms with Crippen LogP contribution in [0.1, 0.15) is 44.9 Å². The molecule has 0 saturated heterocycles. The van der Waals surface area contributed by atoms with Crippen molar-refractivity contribution >= 4 is 0 Å². The fourth-order valence-electron chi connectivity index (χ4n) is 1.67. The fourth-order valence-corrected chi connectivity index (χ4v) is 1.67. The summed E-state index contributed by atoms with van der Waals surface area (Å²) < 4.78 is 0. The van der Waals surface area contributed by atoms with Gasteiger partial charge in [0.05, 0.1) is 0 Å². The lowest BCUT2D eigenvalue weighted by molar-refractivity contribution is 0.677. The number of hydrogen-bond donors (Lipinski definition) is 1. The summed E-state index contributed by atoms with van der Waals surface area (Å²) in [5.41, 5.74) is 0. The van der Waals surface area contributed by atoms with E-state index in [4.69, 9.17) is 0 Å². The molecule has 0 radical (unpaired) electrons. The standard InChI is InChI=1S/C13H23N/c1-2-4-6-8-10-12-14-13-11-9-7-5-3-1/h6-9,14H,1-5,10-13H2. The second-order valence-electron chi connectivity index (χ2n) is 3.91. The molecule has 14 heavy (non-hydrogen) atoms. The molecule has 1 heteroatoms. The van der Waals surface area contributed by atoms with E-state index < -0.39 is 0 Å². The Morgan fingerprint density at radius 1 is 0.571 bits per heavy atom. The van der Waals surface area contributed by atoms with Gasteiger partial charge in [-0.05, 0) is 51.6 Å². The Morgan fingerprint density at radius 3 is 1.64 bits per heavy atom. The van der Waals surface area contributed by atoms with Crippen molar-refractivity contribution in [1.82, 2.24) is 5.32 Å². The highest BCUT2D eigenvalue weighted by atomic mass is 14.8. The van der Waals surface area contributed by atoms with E-state index in [0.717, 1.165) is 13.1 Å². The van der Waals surface area contributed by atoms with E-state index >= 15 is 0 Å². The molecule has 0 aliphatic carbocycles. The summed E-state index contributed by atoms with van der Waals surface area (Å²) in [4.78, 5) is 0. The first-order chi connectivity index (χ1) is 7.00. The molecule has 1 N–H and O–H groups in total. The Balaban J connectivity index is 2.15. The average molecular weight is 193 g/mol. The Labute approximate surface area is 88.3 Å². The van der Waals surface area contributed by atoms with E-state index in [1.807, 2.05) is 0 Å². The molecule has 0 aromatic carbocycles. The quantitative estimate of drug-likeness (QED) is 0.581. The van der Waals surface area contributed by atoms with Crippen molar-refractivity contribution in [2.45, 2.75) is 44.9 Å². The lowest BCUT2D eigenvalue weighted by atomic mass is 10.1. The SMILES string of the molecule is C1=CCCNCCC=CCCCCC1. The Hall–Kier alpha value is -0.560. The number of allylic oxidation sites excluding steroid dienone is 2. The van der Waals surface area contributed by atoms with Crippen molar-refractivity contribution in [2.75, 3.05) is 13.1 Å². The molecule has 0 spiro atoms. The second-order valence-corrected chi connectivity index (χ2v) is 3.91. The first kappa shape index (κ1) is 11.5. The maximum absolute atomic E-state index is 3.44. The van der Waals surface area contributed by atoms with Gasteiger partial charge >= 0.3 is 0 Å². The topological polar surface area (TPSA) is 12.0 Å². The van der Waals surface area contributed by atoms with Crippen molar-refractivity contribution < 1.29 is 0 Å². The molecule has 0 bridgehead atoms. The molecule has 1 aliphatic heterocycles. The third-order valence-electron chi connectivity index (χ3n) is 2.55. The smallest absolute Gasteiger partial charge is 0.00141 e. The van der Waals surface area contributed by atoms with Crippen molar-refractivity contribution in [3.63, 3.8) is 0 Å². The minimum Gasteiger partial charge on any atom is -0.316 e. The van der Waals surface area contributed by atoms with Crippen molar-refractivity contribution in [2.24, 2.45) is 0 Å². The summed E-state index contributed by atoms with van der Waals surface area (Å²) in [5, 5.41) is 3.44. The van der Waals surface area contributed by atoms with Crippen LogP contribution in [0, 0.1) is 0 Å². The van der Waals surface area contributed by atoms with Crippen molar-refractivity contribution in [3.8, 4) is 0 Å². The van der Waals surface area contributed by atoms with Gasteiger partial charge in [-0.1, -0.05) is 30.7 Å². The fraction of sp³-hybridized carbons (Fsp3) is 0.692. The van der Waals surface area contributed by atoms with Crippen LogP contribution in [-0.4, -0.2) is 13.1 Å². The van der Waals surface area contributed by atoms with Crippen LogP contribution in [0.25, 0.3) is 0 Å². The van der Waals surface area contributed by atoms with E-state index in [9.17, 15) is 0 Å². The summed E-state index contributed by atoms with van der Waals surface area (Å²) >= 11 is 0. The summed E-state index contributed by atoms with van der Waals surface area (Å²) in [6.45, 7) is 2.26. The van der Waals surface area contributed by atoms with E-state index in [0.29, 0.717) is 0 Å². The second kappa shape index (κ2) is 9.01. The highest BCUT2D eigenvalue weighted by Gasteiger charge is 1.88.